The Bertz CT molecular complexity index is 922. The maximum atomic E-state index is 6.50. The molecule has 3 rings (SSSR count). The lowest BCUT2D eigenvalue weighted by atomic mass is 10.1. The van der Waals surface area contributed by atoms with Crippen LogP contribution in [0.15, 0.2) is 24.5 Å². The van der Waals surface area contributed by atoms with Crippen molar-refractivity contribution < 1.29 is 4.74 Å². The topological polar surface area (TPSA) is 52.8 Å². The molecule has 0 bridgehead atoms. The molecule has 27 heavy (non-hydrogen) atoms. The van der Waals surface area contributed by atoms with E-state index in [4.69, 9.17) is 21.3 Å². The number of rotatable bonds is 8. The number of benzene rings is 1. The van der Waals surface area contributed by atoms with Crippen molar-refractivity contribution in [2.24, 2.45) is 0 Å². The van der Waals surface area contributed by atoms with E-state index in [9.17, 15) is 0 Å². The molecule has 5 nitrogen and oxygen atoms in total. The van der Waals surface area contributed by atoms with Crippen molar-refractivity contribution in [3.05, 3.63) is 35.4 Å². The van der Waals surface area contributed by atoms with Crippen LogP contribution in [0.5, 0.6) is 5.75 Å². The van der Waals surface area contributed by atoms with Gasteiger partial charge in [-0.2, -0.15) is 0 Å². The van der Waals surface area contributed by atoms with Gasteiger partial charge in [-0.1, -0.05) is 44.7 Å². The molecule has 0 N–H and O–H groups in total. The van der Waals surface area contributed by atoms with E-state index < -0.39 is 0 Å². The minimum Gasteiger partial charge on any atom is -0.497 e. The lowest BCUT2D eigenvalue weighted by Crippen LogP contribution is -2.09. The summed E-state index contributed by atoms with van der Waals surface area (Å²) < 4.78 is 7.53. The van der Waals surface area contributed by atoms with E-state index in [0.717, 1.165) is 46.8 Å². The Kier molecular flexibility index (Phi) is 6.32. The van der Waals surface area contributed by atoms with Gasteiger partial charge in [-0.25, -0.2) is 15.0 Å². The predicted molar refractivity (Wildman–Crippen MR) is 111 cm³/mol. The van der Waals surface area contributed by atoms with Gasteiger partial charge < -0.3 is 9.30 Å². The van der Waals surface area contributed by atoms with Crippen molar-refractivity contribution in [1.82, 2.24) is 19.5 Å². The molecule has 1 atom stereocenters. The first kappa shape index (κ1) is 19.6. The second-order valence-corrected chi connectivity index (χ2v) is 7.24. The average molecular weight is 387 g/mol. The first-order chi connectivity index (χ1) is 13.1. The number of halogens is 1. The van der Waals surface area contributed by atoms with Gasteiger partial charge in [0.05, 0.1) is 12.1 Å². The maximum absolute atomic E-state index is 6.50. The summed E-state index contributed by atoms with van der Waals surface area (Å²) in [6.45, 7) is 6.61. The fourth-order valence-electron chi connectivity index (χ4n) is 3.50. The molecule has 2 aromatic heterocycles. The summed E-state index contributed by atoms with van der Waals surface area (Å²) in [4.78, 5) is 14.0. The van der Waals surface area contributed by atoms with Crippen LogP contribution < -0.4 is 4.74 Å². The van der Waals surface area contributed by atoms with Crippen LogP contribution in [0.1, 0.15) is 58.3 Å². The number of imidazole rings is 1. The molecule has 0 fully saturated rings. The van der Waals surface area contributed by atoms with Crippen molar-refractivity contribution in [3.63, 3.8) is 0 Å². The van der Waals surface area contributed by atoms with Crippen LogP contribution >= 0.6 is 11.6 Å². The Labute approximate surface area is 165 Å². The van der Waals surface area contributed by atoms with Crippen LogP contribution in [0.3, 0.4) is 0 Å². The van der Waals surface area contributed by atoms with Gasteiger partial charge in [-0.05, 0) is 31.5 Å². The zero-order valence-corrected chi connectivity index (χ0v) is 17.3. The predicted octanol–water partition coefficient (Wildman–Crippen LogP) is 5.86. The third-order valence-corrected chi connectivity index (χ3v) is 5.28. The number of hydrogen-bond donors (Lipinski definition) is 0. The summed E-state index contributed by atoms with van der Waals surface area (Å²) in [6.07, 6.45) is 7.26. The Morgan fingerprint density at radius 1 is 1.19 bits per heavy atom. The van der Waals surface area contributed by atoms with E-state index in [-0.39, 0.29) is 0 Å². The van der Waals surface area contributed by atoms with E-state index >= 15 is 0 Å². The van der Waals surface area contributed by atoms with Crippen molar-refractivity contribution in [1.29, 1.82) is 0 Å². The van der Waals surface area contributed by atoms with Crippen LogP contribution in [-0.4, -0.2) is 26.6 Å². The van der Waals surface area contributed by atoms with E-state index in [1.807, 2.05) is 12.1 Å². The number of ether oxygens (including phenoxy) is 1. The van der Waals surface area contributed by atoms with Crippen LogP contribution in [0.2, 0.25) is 5.02 Å². The molecule has 3 aromatic rings. The van der Waals surface area contributed by atoms with Gasteiger partial charge in [0.15, 0.2) is 5.65 Å². The van der Waals surface area contributed by atoms with Gasteiger partial charge in [0.2, 0.25) is 0 Å². The van der Waals surface area contributed by atoms with Gasteiger partial charge in [-0.3, -0.25) is 0 Å². The van der Waals surface area contributed by atoms with Gasteiger partial charge in [-0.15, -0.1) is 0 Å². The van der Waals surface area contributed by atoms with Crippen LogP contribution in [0.4, 0.5) is 0 Å². The van der Waals surface area contributed by atoms with Gasteiger partial charge in [0, 0.05) is 18.0 Å². The van der Waals surface area contributed by atoms with Gasteiger partial charge >= 0.3 is 0 Å². The quantitative estimate of drug-likeness (QED) is 0.455. The fraction of sp³-hybridized carbons (Fsp3) is 0.476. The van der Waals surface area contributed by atoms with Gasteiger partial charge in [0.25, 0.3) is 0 Å². The van der Waals surface area contributed by atoms with Crippen LogP contribution in [0.25, 0.3) is 22.4 Å². The Morgan fingerprint density at radius 2 is 2.00 bits per heavy atom. The molecule has 0 aliphatic rings. The SMILES string of the molecule is CCCCCC(C)n1c(CC)nc2c(-c3ccc(OC)cc3Cl)ncnc21. The van der Waals surface area contributed by atoms with E-state index in [2.05, 4.69) is 35.3 Å². The first-order valence-electron chi connectivity index (χ1n) is 9.66. The Morgan fingerprint density at radius 3 is 2.67 bits per heavy atom. The maximum Gasteiger partial charge on any atom is 0.164 e. The normalized spacial score (nSPS) is 12.5. The summed E-state index contributed by atoms with van der Waals surface area (Å²) in [7, 11) is 1.63. The highest BCUT2D eigenvalue weighted by molar-refractivity contribution is 6.33. The third-order valence-electron chi connectivity index (χ3n) is 4.96. The second-order valence-electron chi connectivity index (χ2n) is 6.84. The lowest BCUT2D eigenvalue weighted by molar-refractivity contribution is 0.415. The number of nitrogens with zero attached hydrogens (tertiary/aromatic N) is 4. The highest BCUT2D eigenvalue weighted by Gasteiger charge is 2.20. The molecule has 1 aromatic carbocycles. The fourth-order valence-corrected chi connectivity index (χ4v) is 3.76. The van der Waals surface area contributed by atoms with Crippen LogP contribution in [-0.2, 0) is 6.42 Å². The molecule has 0 amide bonds. The minimum atomic E-state index is 0.352. The molecule has 0 saturated heterocycles. The highest BCUT2D eigenvalue weighted by Crippen LogP contribution is 2.34. The molecule has 0 aliphatic carbocycles. The zero-order chi connectivity index (χ0) is 19.4. The number of hydrogen-bond acceptors (Lipinski definition) is 4. The van der Waals surface area contributed by atoms with E-state index in [1.165, 1.54) is 19.3 Å². The standard InChI is InChI=1S/C21H27ClN4O/c1-5-7-8-9-14(3)26-18(6-2)25-20-19(23-13-24-21(20)26)16-11-10-15(27-4)12-17(16)22/h10-14H,5-9H2,1-4H3. The molecule has 6 heteroatoms. The second kappa shape index (κ2) is 8.70. The molecule has 0 saturated carbocycles. The third kappa shape index (κ3) is 3.93. The van der Waals surface area contributed by atoms with Gasteiger partial charge in [0.1, 0.15) is 29.1 Å². The summed E-state index contributed by atoms with van der Waals surface area (Å²) in [6, 6.07) is 5.97. The van der Waals surface area contributed by atoms with Crippen molar-refractivity contribution >= 4 is 22.8 Å². The minimum absolute atomic E-state index is 0.352. The number of aromatic nitrogens is 4. The summed E-state index contributed by atoms with van der Waals surface area (Å²) in [5.74, 6) is 1.76. The monoisotopic (exact) mass is 386 g/mol. The molecule has 2 heterocycles. The highest BCUT2D eigenvalue weighted by atomic mass is 35.5. The van der Waals surface area contributed by atoms with E-state index in [0.29, 0.717) is 11.1 Å². The van der Waals surface area contributed by atoms with Crippen molar-refractivity contribution in [3.8, 4) is 17.0 Å². The van der Waals surface area contributed by atoms with E-state index in [1.54, 1.807) is 19.5 Å². The number of unbranched alkanes of at least 4 members (excludes halogenated alkanes) is 2. The summed E-state index contributed by atoms with van der Waals surface area (Å²) in [5, 5.41) is 0.595. The lowest BCUT2D eigenvalue weighted by Gasteiger charge is -2.16. The summed E-state index contributed by atoms with van der Waals surface area (Å²) in [5.41, 5.74) is 3.30. The Hall–Kier alpha value is -2.14. The molecule has 1 unspecified atom stereocenters. The summed E-state index contributed by atoms with van der Waals surface area (Å²) >= 11 is 6.50. The molecular formula is C21H27ClN4O. The molecule has 0 radical (unpaired) electrons. The average Bonchev–Trinajstić information content (AvgIpc) is 3.07. The zero-order valence-electron chi connectivity index (χ0n) is 16.5. The number of aryl methyl sites for hydroxylation is 1. The first-order valence-corrected chi connectivity index (χ1v) is 10.0. The number of methoxy groups -OCH3 is 1. The molecule has 144 valence electrons. The Balaban J connectivity index is 2.09. The van der Waals surface area contributed by atoms with Crippen LogP contribution in [0, 0.1) is 0 Å². The molecule has 0 spiro atoms. The molecule has 0 aliphatic heterocycles. The molecular weight excluding hydrogens is 360 g/mol. The largest absolute Gasteiger partial charge is 0.497 e. The number of fused-ring (bicyclic) bond motifs is 1. The van der Waals surface area contributed by atoms with Crippen molar-refractivity contribution in [2.75, 3.05) is 7.11 Å². The van der Waals surface area contributed by atoms with Crippen molar-refractivity contribution in [2.45, 2.75) is 58.9 Å². The smallest absolute Gasteiger partial charge is 0.164 e.